The van der Waals surface area contributed by atoms with Crippen molar-refractivity contribution in [3.63, 3.8) is 0 Å². The van der Waals surface area contributed by atoms with Crippen molar-refractivity contribution in [1.82, 2.24) is 9.88 Å². The summed E-state index contributed by atoms with van der Waals surface area (Å²) in [6, 6.07) is 9.32. The minimum Gasteiger partial charge on any atom is -0.368 e. The van der Waals surface area contributed by atoms with Gasteiger partial charge in [0.05, 0.1) is 5.52 Å². The monoisotopic (exact) mass is 269 g/mol. The lowest BCUT2D eigenvalue weighted by Crippen LogP contribution is -2.48. The van der Waals surface area contributed by atoms with Crippen LogP contribution in [0.25, 0.3) is 10.9 Å². The van der Waals surface area contributed by atoms with E-state index in [1.807, 2.05) is 6.20 Å². The largest absolute Gasteiger partial charge is 0.368 e. The van der Waals surface area contributed by atoms with E-state index in [-0.39, 0.29) is 0 Å². The standard InChI is InChI=1S/C17H23N3/c1-13(2)19-8-10-20(11-9-19)17-6-7-18-16-5-4-14(3)12-15(16)17/h4-7,12-13H,8-11H2,1-3H3. The molecule has 2 heterocycles. The van der Waals surface area contributed by atoms with Gasteiger partial charge in [0.25, 0.3) is 0 Å². The second-order valence-electron chi connectivity index (χ2n) is 5.97. The Bertz CT molecular complexity index is 598. The highest BCUT2D eigenvalue weighted by atomic mass is 15.3. The van der Waals surface area contributed by atoms with E-state index in [0.29, 0.717) is 6.04 Å². The smallest absolute Gasteiger partial charge is 0.0722 e. The lowest BCUT2D eigenvalue weighted by Gasteiger charge is -2.38. The zero-order valence-electron chi connectivity index (χ0n) is 12.6. The second kappa shape index (κ2) is 5.41. The van der Waals surface area contributed by atoms with Crippen molar-refractivity contribution >= 4 is 16.6 Å². The quantitative estimate of drug-likeness (QED) is 0.835. The summed E-state index contributed by atoms with van der Waals surface area (Å²) in [5.41, 5.74) is 3.73. The molecule has 0 atom stereocenters. The predicted molar refractivity (Wildman–Crippen MR) is 85.4 cm³/mol. The predicted octanol–water partition coefficient (Wildman–Crippen LogP) is 3.07. The lowest BCUT2D eigenvalue weighted by molar-refractivity contribution is 0.209. The molecule has 1 aliphatic heterocycles. The average Bonchev–Trinajstić information content (AvgIpc) is 2.46. The summed E-state index contributed by atoms with van der Waals surface area (Å²) in [7, 11) is 0. The van der Waals surface area contributed by atoms with Crippen molar-refractivity contribution < 1.29 is 0 Å². The van der Waals surface area contributed by atoms with Gasteiger partial charge in [-0.2, -0.15) is 0 Å². The molecule has 0 N–H and O–H groups in total. The molecule has 1 aliphatic rings. The van der Waals surface area contributed by atoms with Crippen LogP contribution in [0.2, 0.25) is 0 Å². The van der Waals surface area contributed by atoms with E-state index in [1.165, 1.54) is 16.6 Å². The molecule has 0 aliphatic carbocycles. The summed E-state index contributed by atoms with van der Waals surface area (Å²) >= 11 is 0. The maximum Gasteiger partial charge on any atom is 0.0722 e. The van der Waals surface area contributed by atoms with Crippen LogP contribution in [0, 0.1) is 6.92 Å². The van der Waals surface area contributed by atoms with Gasteiger partial charge in [-0.25, -0.2) is 0 Å². The third kappa shape index (κ3) is 2.50. The van der Waals surface area contributed by atoms with Gasteiger partial charge in [0.15, 0.2) is 0 Å². The topological polar surface area (TPSA) is 19.4 Å². The number of aromatic nitrogens is 1. The number of benzene rings is 1. The van der Waals surface area contributed by atoms with E-state index < -0.39 is 0 Å². The molecular formula is C17H23N3. The highest BCUT2D eigenvalue weighted by molar-refractivity contribution is 5.92. The number of aryl methyl sites for hydroxylation is 1. The highest BCUT2D eigenvalue weighted by Crippen LogP contribution is 2.27. The molecule has 1 aromatic heterocycles. The summed E-state index contributed by atoms with van der Waals surface area (Å²) in [4.78, 5) is 9.53. The minimum atomic E-state index is 0.647. The minimum absolute atomic E-state index is 0.647. The van der Waals surface area contributed by atoms with Crippen LogP contribution in [0.4, 0.5) is 5.69 Å². The van der Waals surface area contributed by atoms with Crippen molar-refractivity contribution in [2.45, 2.75) is 26.8 Å². The van der Waals surface area contributed by atoms with Gasteiger partial charge in [-0.15, -0.1) is 0 Å². The van der Waals surface area contributed by atoms with Crippen LogP contribution >= 0.6 is 0 Å². The molecule has 0 spiro atoms. The first-order chi connectivity index (χ1) is 9.65. The van der Waals surface area contributed by atoms with Crippen molar-refractivity contribution in [1.29, 1.82) is 0 Å². The van der Waals surface area contributed by atoms with Crippen LogP contribution in [-0.4, -0.2) is 42.1 Å². The molecule has 0 amide bonds. The van der Waals surface area contributed by atoms with Gasteiger partial charge >= 0.3 is 0 Å². The van der Waals surface area contributed by atoms with E-state index in [0.717, 1.165) is 31.7 Å². The van der Waals surface area contributed by atoms with E-state index in [2.05, 4.69) is 59.8 Å². The molecule has 1 aromatic carbocycles. The fourth-order valence-corrected chi connectivity index (χ4v) is 3.00. The van der Waals surface area contributed by atoms with Crippen molar-refractivity contribution in [2.24, 2.45) is 0 Å². The van der Waals surface area contributed by atoms with E-state index >= 15 is 0 Å². The molecule has 106 valence electrons. The molecule has 0 unspecified atom stereocenters. The summed E-state index contributed by atoms with van der Waals surface area (Å²) in [6.07, 6.45) is 1.93. The summed E-state index contributed by atoms with van der Waals surface area (Å²) in [6.45, 7) is 11.2. The molecule has 1 saturated heterocycles. The Morgan fingerprint density at radius 1 is 1.05 bits per heavy atom. The molecule has 0 bridgehead atoms. The van der Waals surface area contributed by atoms with Crippen molar-refractivity contribution in [3.8, 4) is 0 Å². The first kappa shape index (κ1) is 13.4. The first-order valence-electron chi connectivity index (χ1n) is 7.49. The maximum atomic E-state index is 4.48. The third-order valence-electron chi connectivity index (χ3n) is 4.26. The van der Waals surface area contributed by atoms with Gasteiger partial charge in [-0.3, -0.25) is 9.88 Å². The summed E-state index contributed by atoms with van der Waals surface area (Å²) in [5.74, 6) is 0. The van der Waals surface area contributed by atoms with E-state index in [4.69, 9.17) is 0 Å². The molecule has 2 aromatic rings. The van der Waals surface area contributed by atoms with Crippen LogP contribution in [0.15, 0.2) is 30.5 Å². The Morgan fingerprint density at radius 3 is 2.50 bits per heavy atom. The Balaban J connectivity index is 1.90. The number of fused-ring (bicyclic) bond motifs is 1. The molecule has 0 radical (unpaired) electrons. The number of pyridine rings is 1. The average molecular weight is 269 g/mol. The number of anilines is 1. The number of piperazine rings is 1. The SMILES string of the molecule is Cc1ccc2nccc(N3CCN(C(C)C)CC3)c2c1. The Hall–Kier alpha value is -1.61. The van der Waals surface area contributed by atoms with Crippen LogP contribution in [0.1, 0.15) is 19.4 Å². The maximum absolute atomic E-state index is 4.48. The fourth-order valence-electron chi connectivity index (χ4n) is 3.00. The normalized spacial score (nSPS) is 17.1. The van der Waals surface area contributed by atoms with Crippen LogP contribution in [0.3, 0.4) is 0 Å². The molecule has 3 nitrogen and oxygen atoms in total. The van der Waals surface area contributed by atoms with Gasteiger partial charge in [-0.1, -0.05) is 11.6 Å². The lowest BCUT2D eigenvalue weighted by atomic mass is 10.1. The van der Waals surface area contributed by atoms with Crippen molar-refractivity contribution in [2.75, 3.05) is 31.1 Å². The Kier molecular flexibility index (Phi) is 3.62. The van der Waals surface area contributed by atoms with E-state index in [9.17, 15) is 0 Å². The molecule has 0 saturated carbocycles. The zero-order valence-corrected chi connectivity index (χ0v) is 12.6. The molecule has 3 heteroatoms. The van der Waals surface area contributed by atoms with Gasteiger partial charge in [0.1, 0.15) is 0 Å². The molecule has 1 fully saturated rings. The van der Waals surface area contributed by atoms with Crippen LogP contribution in [0.5, 0.6) is 0 Å². The number of hydrogen-bond acceptors (Lipinski definition) is 3. The van der Waals surface area contributed by atoms with Crippen molar-refractivity contribution in [3.05, 3.63) is 36.0 Å². The third-order valence-corrected chi connectivity index (χ3v) is 4.26. The summed E-state index contributed by atoms with van der Waals surface area (Å²) in [5, 5.41) is 1.28. The van der Waals surface area contributed by atoms with Gasteiger partial charge in [-0.05, 0) is 39.0 Å². The first-order valence-corrected chi connectivity index (χ1v) is 7.49. The highest BCUT2D eigenvalue weighted by Gasteiger charge is 2.20. The molecule has 3 rings (SSSR count). The summed E-state index contributed by atoms with van der Waals surface area (Å²) < 4.78 is 0. The number of rotatable bonds is 2. The van der Waals surface area contributed by atoms with E-state index in [1.54, 1.807) is 0 Å². The molecule has 20 heavy (non-hydrogen) atoms. The zero-order chi connectivity index (χ0) is 14.1. The Morgan fingerprint density at radius 2 is 1.80 bits per heavy atom. The Labute approximate surface area is 121 Å². The molecular weight excluding hydrogens is 246 g/mol. The van der Waals surface area contributed by atoms with Gasteiger partial charge in [0, 0.05) is 49.5 Å². The van der Waals surface area contributed by atoms with Gasteiger partial charge in [0.2, 0.25) is 0 Å². The fraction of sp³-hybridized carbons (Fsp3) is 0.471. The van der Waals surface area contributed by atoms with Crippen LogP contribution in [-0.2, 0) is 0 Å². The van der Waals surface area contributed by atoms with Crippen LogP contribution < -0.4 is 4.90 Å². The number of nitrogens with zero attached hydrogens (tertiary/aromatic N) is 3. The van der Waals surface area contributed by atoms with Gasteiger partial charge < -0.3 is 4.90 Å². The second-order valence-corrected chi connectivity index (χ2v) is 5.97. The number of hydrogen-bond donors (Lipinski definition) is 0.